The number of hydrogen-bond acceptors (Lipinski definition) is 6. The monoisotopic (exact) mass is 439 g/mol. The smallest absolute Gasteiger partial charge is 0.338 e. The second kappa shape index (κ2) is 10.6. The van der Waals surface area contributed by atoms with Crippen LogP contribution in [-0.2, 0) is 9.53 Å². The summed E-state index contributed by atoms with van der Waals surface area (Å²) in [6, 6.07) is 11.2. The first-order valence-corrected chi connectivity index (χ1v) is 10.7. The number of rotatable bonds is 6. The van der Waals surface area contributed by atoms with Crippen LogP contribution in [0.2, 0.25) is 0 Å². The van der Waals surface area contributed by atoms with Crippen LogP contribution in [0.4, 0.5) is 16.3 Å². The van der Waals surface area contributed by atoms with E-state index in [0.717, 1.165) is 5.82 Å². The zero-order chi connectivity index (χ0) is 23.1. The van der Waals surface area contributed by atoms with Gasteiger partial charge in [-0.1, -0.05) is 6.07 Å². The molecular formula is C23H29N5O4. The van der Waals surface area contributed by atoms with Crippen molar-refractivity contribution in [1.29, 1.82) is 0 Å². The number of amides is 3. The van der Waals surface area contributed by atoms with Crippen molar-refractivity contribution in [3.05, 3.63) is 54.2 Å². The molecule has 0 aliphatic carbocycles. The first-order valence-electron chi connectivity index (χ1n) is 10.7. The van der Waals surface area contributed by atoms with Crippen LogP contribution in [0, 0.1) is 0 Å². The Morgan fingerprint density at radius 1 is 0.969 bits per heavy atom. The van der Waals surface area contributed by atoms with Gasteiger partial charge < -0.3 is 25.2 Å². The predicted molar refractivity (Wildman–Crippen MR) is 122 cm³/mol. The highest BCUT2D eigenvalue weighted by atomic mass is 16.5. The fourth-order valence-electron chi connectivity index (χ4n) is 3.24. The Kier molecular flexibility index (Phi) is 7.64. The Morgan fingerprint density at radius 2 is 1.66 bits per heavy atom. The molecule has 1 atom stereocenters. The zero-order valence-electron chi connectivity index (χ0n) is 18.6. The first-order chi connectivity index (χ1) is 15.3. The summed E-state index contributed by atoms with van der Waals surface area (Å²) in [6.45, 7) is 7.64. The minimum atomic E-state index is -0.720. The average Bonchev–Trinajstić information content (AvgIpc) is 2.79. The molecule has 0 radical (unpaired) electrons. The van der Waals surface area contributed by atoms with Gasteiger partial charge in [-0.05, 0) is 57.2 Å². The molecule has 9 nitrogen and oxygen atoms in total. The molecule has 1 aromatic carbocycles. The first kappa shape index (κ1) is 23.1. The molecule has 3 rings (SSSR count). The SMILES string of the molecule is CC(C)OC(=O)c1ccc(NC(=O)[C@H](C)NC(=O)N2CCN(c3ccccn3)CC2)cc1. The number of ether oxygens (including phenoxy) is 1. The Bertz CT molecular complexity index is 925. The Hall–Kier alpha value is -3.62. The fraction of sp³-hybridized carbons (Fsp3) is 0.391. The van der Waals surface area contributed by atoms with Crippen molar-refractivity contribution in [3.8, 4) is 0 Å². The van der Waals surface area contributed by atoms with E-state index in [1.54, 1.807) is 56.1 Å². The summed E-state index contributed by atoms with van der Waals surface area (Å²) in [5, 5.41) is 5.49. The van der Waals surface area contributed by atoms with Gasteiger partial charge in [-0.15, -0.1) is 0 Å². The standard InChI is InChI=1S/C23H29N5O4/c1-16(2)32-22(30)18-7-9-19(10-8-18)26-21(29)17(3)25-23(31)28-14-12-27(13-15-28)20-6-4-5-11-24-20/h4-11,16-17H,12-15H2,1-3H3,(H,25,31)(H,26,29)/t17-/m0/s1. The molecular weight excluding hydrogens is 410 g/mol. The summed E-state index contributed by atoms with van der Waals surface area (Å²) in [4.78, 5) is 45.1. The molecule has 1 aromatic heterocycles. The molecule has 2 heterocycles. The highest BCUT2D eigenvalue weighted by molar-refractivity contribution is 5.97. The van der Waals surface area contributed by atoms with Crippen molar-refractivity contribution in [2.75, 3.05) is 36.4 Å². The number of carbonyl (C=O) groups is 3. The maximum Gasteiger partial charge on any atom is 0.338 e. The zero-order valence-corrected chi connectivity index (χ0v) is 18.6. The molecule has 0 saturated carbocycles. The third kappa shape index (κ3) is 6.19. The number of nitrogens with zero attached hydrogens (tertiary/aromatic N) is 3. The maximum atomic E-state index is 12.6. The molecule has 1 aliphatic rings. The largest absolute Gasteiger partial charge is 0.459 e. The third-order valence-electron chi connectivity index (χ3n) is 5.00. The van der Waals surface area contributed by atoms with E-state index >= 15 is 0 Å². The second-order valence-electron chi connectivity index (χ2n) is 7.85. The lowest BCUT2D eigenvalue weighted by Gasteiger charge is -2.35. The molecule has 0 unspecified atom stereocenters. The van der Waals surface area contributed by atoms with Crippen LogP contribution in [0.15, 0.2) is 48.7 Å². The van der Waals surface area contributed by atoms with Crippen molar-refractivity contribution in [1.82, 2.24) is 15.2 Å². The van der Waals surface area contributed by atoms with Crippen molar-refractivity contribution < 1.29 is 19.1 Å². The van der Waals surface area contributed by atoms with Crippen LogP contribution in [0.3, 0.4) is 0 Å². The Labute approximate surface area is 187 Å². The number of esters is 1. The average molecular weight is 440 g/mol. The number of anilines is 2. The van der Waals surface area contributed by atoms with Crippen molar-refractivity contribution in [2.24, 2.45) is 0 Å². The van der Waals surface area contributed by atoms with E-state index in [1.165, 1.54) is 0 Å². The maximum absolute atomic E-state index is 12.6. The molecule has 9 heteroatoms. The lowest BCUT2D eigenvalue weighted by molar-refractivity contribution is -0.117. The van der Waals surface area contributed by atoms with Gasteiger partial charge >= 0.3 is 12.0 Å². The molecule has 32 heavy (non-hydrogen) atoms. The molecule has 170 valence electrons. The van der Waals surface area contributed by atoms with Crippen LogP contribution < -0.4 is 15.5 Å². The molecule has 2 N–H and O–H groups in total. The minimum Gasteiger partial charge on any atom is -0.459 e. The van der Waals surface area contributed by atoms with Crippen LogP contribution in [-0.4, -0.2) is 66.1 Å². The molecule has 1 saturated heterocycles. The molecule has 0 spiro atoms. The summed E-state index contributed by atoms with van der Waals surface area (Å²) in [6.07, 6.45) is 1.55. The fourth-order valence-corrected chi connectivity index (χ4v) is 3.24. The summed E-state index contributed by atoms with van der Waals surface area (Å²) in [5.41, 5.74) is 0.934. The number of hydrogen-bond donors (Lipinski definition) is 2. The molecule has 1 aliphatic heterocycles. The number of benzene rings is 1. The second-order valence-corrected chi connectivity index (χ2v) is 7.85. The van der Waals surface area contributed by atoms with Crippen molar-refractivity contribution in [2.45, 2.75) is 32.9 Å². The van der Waals surface area contributed by atoms with Crippen LogP contribution >= 0.6 is 0 Å². The lowest BCUT2D eigenvalue weighted by atomic mass is 10.2. The van der Waals surface area contributed by atoms with Crippen molar-refractivity contribution >= 4 is 29.4 Å². The van der Waals surface area contributed by atoms with E-state index in [0.29, 0.717) is 37.4 Å². The number of carbonyl (C=O) groups excluding carboxylic acids is 3. The summed E-state index contributed by atoms with van der Waals surface area (Å²) < 4.78 is 5.14. The number of urea groups is 1. The van der Waals surface area contributed by atoms with Gasteiger partial charge in [0.1, 0.15) is 11.9 Å². The summed E-state index contributed by atoms with van der Waals surface area (Å²) in [7, 11) is 0. The van der Waals surface area contributed by atoms with Crippen LogP contribution in [0.5, 0.6) is 0 Å². The molecule has 1 fully saturated rings. The van der Waals surface area contributed by atoms with Gasteiger partial charge in [-0.3, -0.25) is 4.79 Å². The highest BCUT2D eigenvalue weighted by Crippen LogP contribution is 2.14. The van der Waals surface area contributed by atoms with Gasteiger partial charge in [-0.25, -0.2) is 14.6 Å². The van der Waals surface area contributed by atoms with Gasteiger partial charge in [0.25, 0.3) is 0 Å². The van der Waals surface area contributed by atoms with E-state index in [-0.39, 0.29) is 18.0 Å². The van der Waals surface area contributed by atoms with Crippen LogP contribution in [0.1, 0.15) is 31.1 Å². The molecule has 2 aromatic rings. The van der Waals surface area contributed by atoms with Gasteiger partial charge in [0, 0.05) is 38.1 Å². The normalized spacial score (nSPS) is 14.6. The van der Waals surface area contributed by atoms with E-state index in [2.05, 4.69) is 20.5 Å². The Balaban J connectivity index is 1.46. The number of aromatic nitrogens is 1. The van der Waals surface area contributed by atoms with Gasteiger partial charge in [0.05, 0.1) is 11.7 Å². The minimum absolute atomic E-state index is 0.204. The van der Waals surface area contributed by atoms with Gasteiger partial charge in [0.2, 0.25) is 5.91 Å². The molecule has 0 bridgehead atoms. The van der Waals surface area contributed by atoms with E-state index in [9.17, 15) is 14.4 Å². The number of pyridine rings is 1. The molecule has 3 amide bonds. The van der Waals surface area contributed by atoms with E-state index in [1.807, 2.05) is 18.2 Å². The van der Waals surface area contributed by atoms with Crippen molar-refractivity contribution in [3.63, 3.8) is 0 Å². The number of nitrogens with one attached hydrogen (secondary N) is 2. The summed E-state index contributed by atoms with van der Waals surface area (Å²) in [5.74, 6) is 0.133. The van der Waals surface area contributed by atoms with Crippen LogP contribution in [0.25, 0.3) is 0 Å². The van der Waals surface area contributed by atoms with Gasteiger partial charge in [-0.2, -0.15) is 0 Å². The van der Waals surface area contributed by atoms with E-state index in [4.69, 9.17) is 4.74 Å². The highest BCUT2D eigenvalue weighted by Gasteiger charge is 2.24. The topological polar surface area (TPSA) is 104 Å². The third-order valence-corrected chi connectivity index (χ3v) is 5.00. The Morgan fingerprint density at radius 3 is 2.25 bits per heavy atom. The predicted octanol–water partition coefficient (Wildman–Crippen LogP) is 2.51. The lowest BCUT2D eigenvalue weighted by Crippen LogP contribution is -2.54. The summed E-state index contributed by atoms with van der Waals surface area (Å²) >= 11 is 0. The van der Waals surface area contributed by atoms with Gasteiger partial charge in [0.15, 0.2) is 0 Å². The number of piperazine rings is 1. The quantitative estimate of drug-likeness (QED) is 0.671. The van der Waals surface area contributed by atoms with E-state index < -0.39 is 12.0 Å².